The minimum absolute atomic E-state index is 0.0364. The van der Waals surface area contributed by atoms with E-state index >= 15 is 0 Å². The van der Waals surface area contributed by atoms with Crippen LogP contribution in [-0.2, 0) is 9.59 Å². The fourth-order valence-corrected chi connectivity index (χ4v) is 2.11. The molecule has 1 saturated heterocycles. The molecule has 0 bridgehead atoms. The van der Waals surface area contributed by atoms with Crippen molar-refractivity contribution in [2.75, 3.05) is 26.2 Å². The Bertz CT molecular complexity index is 522. The van der Waals surface area contributed by atoms with Crippen molar-refractivity contribution in [3.05, 3.63) is 28.2 Å². The largest absolute Gasteiger partial charge is 0.484 e. The number of carbonyl (C=O) groups is 2. The first-order valence-corrected chi connectivity index (χ1v) is 6.94. The van der Waals surface area contributed by atoms with Crippen LogP contribution in [0, 0.1) is 0 Å². The summed E-state index contributed by atoms with van der Waals surface area (Å²) >= 11 is 11.7. The van der Waals surface area contributed by atoms with Gasteiger partial charge in [-0.2, -0.15) is 0 Å². The lowest BCUT2D eigenvalue weighted by Gasteiger charge is -2.19. The van der Waals surface area contributed by atoms with Crippen LogP contribution < -0.4 is 10.1 Å². The van der Waals surface area contributed by atoms with Crippen molar-refractivity contribution in [2.24, 2.45) is 0 Å². The van der Waals surface area contributed by atoms with Gasteiger partial charge in [0.25, 0.3) is 5.91 Å². The van der Waals surface area contributed by atoms with Crippen LogP contribution in [0.2, 0.25) is 10.0 Å². The van der Waals surface area contributed by atoms with Crippen molar-refractivity contribution >= 4 is 35.0 Å². The maximum absolute atomic E-state index is 12.0. The first-order chi connectivity index (χ1) is 9.56. The maximum Gasteiger partial charge on any atom is 0.260 e. The van der Waals surface area contributed by atoms with Crippen molar-refractivity contribution in [2.45, 2.75) is 6.42 Å². The summed E-state index contributed by atoms with van der Waals surface area (Å²) in [6, 6.07) is 4.82. The first kappa shape index (κ1) is 14.9. The number of halogens is 2. The van der Waals surface area contributed by atoms with E-state index in [2.05, 4.69) is 5.32 Å². The summed E-state index contributed by atoms with van der Waals surface area (Å²) in [5.41, 5.74) is 0. The predicted molar refractivity (Wildman–Crippen MR) is 76.2 cm³/mol. The van der Waals surface area contributed by atoms with Gasteiger partial charge < -0.3 is 15.0 Å². The fourth-order valence-electron chi connectivity index (χ4n) is 1.82. The lowest BCUT2D eigenvalue weighted by atomic mass is 10.3. The molecule has 5 nitrogen and oxygen atoms in total. The van der Waals surface area contributed by atoms with Gasteiger partial charge in [0, 0.05) is 32.1 Å². The van der Waals surface area contributed by atoms with Gasteiger partial charge in [-0.15, -0.1) is 0 Å². The van der Waals surface area contributed by atoms with Gasteiger partial charge in [-0.3, -0.25) is 9.59 Å². The second-order valence-electron chi connectivity index (χ2n) is 4.35. The average molecular weight is 317 g/mol. The summed E-state index contributed by atoms with van der Waals surface area (Å²) < 4.78 is 5.38. The Labute approximate surface area is 126 Å². The molecule has 0 aliphatic carbocycles. The number of hydrogen-bond acceptors (Lipinski definition) is 3. The van der Waals surface area contributed by atoms with Gasteiger partial charge in [0.15, 0.2) is 6.61 Å². The van der Waals surface area contributed by atoms with Gasteiger partial charge in [-0.05, 0) is 12.1 Å². The number of nitrogens with zero attached hydrogens (tertiary/aromatic N) is 1. The van der Waals surface area contributed by atoms with Gasteiger partial charge in [-0.1, -0.05) is 23.2 Å². The number of hydrogen-bond donors (Lipinski definition) is 1. The molecule has 108 valence electrons. The molecule has 1 heterocycles. The molecule has 2 amide bonds. The van der Waals surface area contributed by atoms with Gasteiger partial charge in [-0.25, -0.2) is 0 Å². The van der Waals surface area contributed by atoms with Gasteiger partial charge in [0.1, 0.15) is 5.75 Å². The number of ether oxygens (including phenoxy) is 1. The number of rotatable bonds is 3. The number of benzene rings is 1. The second-order valence-corrected chi connectivity index (χ2v) is 5.16. The third kappa shape index (κ3) is 4.02. The van der Waals surface area contributed by atoms with Crippen molar-refractivity contribution in [1.82, 2.24) is 10.2 Å². The van der Waals surface area contributed by atoms with E-state index in [-0.39, 0.29) is 18.4 Å². The highest BCUT2D eigenvalue weighted by Gasteiger charge is 2.18. The molecule has 1 aromatic carbocycles. The van der Waals surface area contributed by atoms with Gasteiger partial charge in [0.05, 0.1) is 10.0 Å². The van der Waals surface area contributed by atoms with Crippen LogP contribution in [0.3, 0.4) is 0 Å². The molecule has 0 saturated carbocycles. The zero-order valence-corrected chi connectivity index (χ0v) is 12.2. The van der Waals surface area contributed by atoms with E-state index in [1.807, 2.05) is 0 Å². The lowest BCUT2D eigenvalue weighted by Crippen LogP contribution is -2.37. The fraction of sp³-hybridized carbons (Fsp3) is 0.385. The normalized spacial score (nSPS) is 15.5. The van der Waals surface area contributed by atoms with E-state index in [0.717, 1.165) is 0 Å². The number of nitrogens with one attached hydrogen (secondary N) is 1. The quantitative estimate of drug-likeness (QED) is 0.923. The summed E-state index contributed by atoms with van der Waals surface area (Å²) in [7, 11) is 0. The molecule has 1 fully saturated rings. The van der Waals surface area contributed by atoms with Gasteiger partial charge >= 0.3 is 0 Å². The third-order valence-corrected chi connectivity index (χ3v) is 3.66. The zero-order valence-electron chi connectivity index (χ0n) is 10.7. The Kier molecular flexibility index (Phi) is 5.09. The molecule has 0 atom stereocenters. The van der Waals surface area contributed by atoms with Crippen molar-refractivity contribution in [1.29, 1.82) is 0 Å². The van der Waals surface area contributed by atoms with Crippen LogP contribution in [0.15, 0.2) is 18.2 Å². The topological polar surface area (TPSA) is 58.6 Å². The molecule has 20 heavy (non-hydrogen) atoms. The molecule has 0 radical (unpaired) electrons. The van der Waals surface area contributed by atoms with Crippen LogP contribution in [0.5, 0.6) is 5.75 Å². The molecular formula is C13H14Cl2N2O3. The van der Waals surface area contributed by atoms with Crippen molar-refractivity contribution in [3.63, 3.8) is 0 Å². The molecule has 0 spiro atoms. The first-order valence-electron chi connectivity index (χ1n) is 6.18. The van der Waals surface area contributed by atoms with E-state index in [9.17, 15) is 9.59 Å². The smallest absolute Gasteiger partial charge is 0.260 e. The number of carbonyl (C=O) groups excluding carboxylic acids is 2. The number of amides is 2. The van der Waals surface area contributed by atoms with Crippen molar-refractivity contribution < 1.29 is 14.3 Å². The lowest BCUT2D eigenvalue weighted by molar-refractivity contribution is -0.133. The van der Waals surface area contributed by atoms with Crippen LogP contribution >= 0.6 is 23.2 Å². The molecule has 7 heteroatoms. The summed E-state index contributed by atoms with van der Waals surface area (Å²) in [5.74, 6) is 0.287. The zero-order chi connectivity index (χ0) is 14.5. The summed E-state index contributed by atoms with van der Waals surface area (Å²) in [5, 5.41) is 3.52. The Hall–Kier alpha value is -1.46. The molecule has 1 aliphatic heterocycles. The average Bonchev–Trinajstić information content (AvgIpc) is 2.64. The molecule has 1 aromatic rings. The van der Waals surface area contributed by atoms with E-state index in [1.54, 1.807) is 23.1 Å². The molecule has 1 aliphatic rings. The monoisotopic (exact) mass is 316 g/mol. The van der Waals surface area contributed by atoms with Crippen LogP contribution in [0.25, 0.3) is 0 Å². The van der Waals surface area contributed by atoms with E-state index in [4.69, 9.17) is 27.9 Å². The second kappa shape index (κ2) is 6.81. The Morgan fingerprint density at radius 1 is 1.30 bits per heavy atom. The van der Waals surface area contributed by atoms with Gasteiger partial charge in [0.2, 0.25) is 5.91 Å². The minimum atomic E-state index is -0.160. The molecule has 0 unspecified atom stereocenters. The van der Waals surface area contributed by atoms with Crippen molar-refractivity contribution in [3.8, 4) is 5.75 Å². The van der Waals surface area contributed by atoms with Crippen LogP contribution in [0.1, 0.15) is 6.42 Å². The Morgan fingerprint density at radius 2 is 2.10 bits per heavy atom. The Balaban J connectivity index is 1.88. The third-order valence-electron chi connectivity index (χ3n) is 2.92. The minimum Gasteiger partial charge on any atom is -0.484 e. The molecular weight excluding hydrogens is 303 g/mol. The SMILES string of the molecule is O=C1CCN(C(=O)COc2ccc(Cl)c(Cl)c2)CCN1. The highest BCUT2D eigenvalue weighted by atomic mass is 35.5. The highest BCUT2D eigenvalue weighted by molar-refractivity contribution is 6.42. The molecule has 0 aromatic heterocycles. The van der Waals surface area contributed by atoms with Crippen LogP contribution in [0.4, 0.5) is 0 Å². The summed E-state index contributed by atoms with van der Waals surface area (Å²) in [6.45, 7) is 1.29. The maximum atomic E-state index is 12.0. The van der Waals surface area contributed by atoms with E-state index < -0.39 is 0 Å². The standard InChI is InChI=1S/C13H14Cl2N2O3/c14-10-2-1-9(7-11(10)15)20-8-13(19)17-5-3-12(18)16-4-6-17/h1-2,7H,3-6,8H2,(H,16,18). The molecule has 2 rings (SSSR count). The highest BCUT2D eigenvalue weighted by Crippen LogP contribution is 2.26. The van der Waals surface area contributed by atoms with E-state index in [0.29, 0.717) is 41.8 Å². The summed E-state index contributed by atoms with van der Waals surface area (Å²) in [4.78, 5) is 24.8. The Morgan fingerprint density at radius 3 is 2.85 bits per heavy atom. The predicted octanol–water partition coefficient (Wildman–Crippen LogP) is 1.72. The summed E-state index contributed by atoms with van der Waals surface area (Å²) in [6.07, 6.45) is 0.318. The molecule has 1 N–H and O–H groups in total. The van der Waals surface area contributed by atoms with Crippen LogP contribution in [-0.4, -0.2) is 43.0 Å². The van der Waals surface area contributed by atoms with E-state index in [1.165, 1.54) is 0 Å².